The molecule has 0 heterocycles. The summed E-state index contributed by atoms with van der Waals surface area (Å²) >= 11 is 0. The fraction of sp³-hybridized carbons (Fsp3) is 0.778. The van der Waals surface area contributed by atoms with E-state index in [2.05, 4.69) is 0 Å². The zero-order valence-corrected chi connectivity index (χ0v) is 9.39. The van der Waals surface area contributed by atoms with Gasteiger partial charge in [0, 0.05) is 17.9 Å². The highest BCUT2D eigenvalue weighted by Gasteiger charge is 2.43. The van der Waals surface area contributed by atoms with E-state index in [1.807, 2.05) is 12.1 Å². The smallest absolute Gasteiger partial charge is 0.247 e. The van der Waals surface area contributed by atoms with Crippen LogP contribution >= 0.6 is 0 Å². The second-order valence-electron chi connectivity index (χ2n) is 4.03. The predicted octanol–water partition coefficient (Wildman–Crippen LogP) is 3.14. The Labute approximate surface area is 80.2 Å². The third-order valence-electron chi connectivity index (χ3n) is 2.69. The molecule has 2 nitrogen and oxygen atoms in total. The van der Waals surface area contributed by atoms with Gasteiger partial charge < -0.3 is 4.11 Å². The average molecular weight is 198 g/mol. The van der Waals surface area contributed by atoms with Crippen LogP contribution in [0.5, 0.6) is 0 Å². The van der Waals surface area contributed by atoms with Gasteiger partial charge in [-0.2, -0.15) is 10.5 Å². The minimum atomic E-state index is -2.84. The van der Waals surface area contributed by atoms with E-state index in [1.165, 1.54) is 0 Å². The second-order valence-corrected chi connectivity index (χ2v) is 8.18. The van der Waals surface area contributed by atoms with E-state index < -0.39 is 13.4 Å². The van der Waals surface area contributed by atoms with Gasteiger partial charge in [0.2, 0.25) is 8.41 Å². The lowest BCUT2D eigenvalue weighted by Crippen LogP contribution is -2.36. The molecule has 0 amide bonds. The number of rotatable bonds is 4. The quantitative estimate of drug-likeness (QED) is 0.514. The van der Waals surface area contributed by atoms with Crippen LogP contribution in [0.1, 0.15) is 26.2 Å². The van der Waals surface area contributed by atoms with Gasteiger partial charge in [0.25, 0.3) is 0 Å². The van der Waals surface area contributed by atoms with E-state index in [9.17, 15) is 4.11 Å². The van der Waals surface area contributed by atoms with Crippen molar-refractivity contribution in [2.24, 2.45) is 0 Å². The van der Waals surface area contributed by atoms with E-state index in [-0.39, 0.29) is 6.42 Å². The Bertz CT molecular complexity index is 246. The van der Waals surface area contributed by atoms with Crippen LogP contribution in [0.3, 0.4) is 0 Å². The summed E-state index contributed by atoms with van der Waals surface area (Å²) in [7, 11) is -2.84. The maximum atomic E-state index is 13.8. The number of hydrogen-bond donors (Lipinski definition) is 0. The summed E-state index contributed by atoms with van der Waals surface area (Å²) in [6.07, 6.45) is 1.04. The number of nitrogens with zero attached hydrogens (tertiary/aromatic N) is 2. The predicted molar refractivity (Wildman–Crippen MR) is 52.0 cm³/mol. The number of nitriles is 2. The Balaban J connectivity index is 4.57. The van der Waals surface area contributed by atoms with Crippen molar-refractivity contribution >= 4 is 8.41 Å². The molecule has 0 aromatic carbocycles. The maximum absolute atomic E-state index is 13.8. The van der Waals surface area contributed by atoms with Gasteiger partial charge in [0.05, 0.1) is 12.1 Å². The van der Waals surface area contributed by atoms with Crippen LogP contribution in [-0.2, 0) is 0 Å². The van der Waals surface area contributed by atoms with Crippen molar-refractivity contribution in [1.82, 2.24) is 0 Å². The molecule has 0 radical (unpaired) electrons. The van der Waals surface area contributed by atoms with Crippen molar-refractivity contribution in [1.29, 1.82) is 10.5 Å². The highest BCUT2D eigenvalue weighted by molar-refractivity contribution is 6.73. The minimum absolute atomic E-state index is 0.213. The van der Waals surface area contributed by atoms with Gasteiger partial charge in [0.15, 0.2) is 0 Å². The first-order chi connectivity index (χ1) is 5.87. The van der Waals surface area contributed by atoms with Crippen molar-refractivity contribution in [3.8, 4) is 12.1 Å². The third kappa shape index (κ3) is 3.16. The van der Waals surface area contributed by atoms with E-state index in [1.54, 1.807) is 20.0 Å². The van der Waals surface area contributed by atoms with Crippen LogP contribution in [0.4, 0.5) is 4.11 Å². The van der Waals surface area contributed by atoms with Crippen LogP contribution < -0.4 is 0 Å². The Morgan fingerprint density at radius 1 is 1.31 bits per heavy atom. The summed E-state index contributed by atoms with van der Waals surface area (Å²) in [5.41, 5.74) is 0. The molecule has 13 heavy (non-hydrogen) atoms. The minimum Gasteiger partial charge on any atom is -0.314 e. The molecule has 0 rings (SSSR count). The molecule has 0 aromatic heterocycles. The monoisotopic (exact) mass is 198 g/mol. The topological polar surface area (TPSA) is 47.6 Å². The SMILES string of the molecule is CC(CC#N)(CCC#N)[Si](C)(C)F. The lowest BCUT2D eigenvalue weighted by atomic mass is 10.0. The first-order valence-electron chi connectivity index (χ1n) is 4.30. The maximum Gasteiger partial charge on any atom is 0.247 e. The second kappa shape index (κ2) is 4.39. The molecule has 0 saturated carbocycles. The molecule has 0 spiro atoms. The molecule has 4 heteroatoms. The molecule has 0 aliphatic heterocycles. The molecule has 1 unspecified atom stereocenters. The van der Waals surface area contributed by atoms with Crippen LogP contribution in [0, 0.1) is 22.7 Å². The fourth-order valence-electron chi connectivity index (χ4n) is 1.10. The van der Waals surface area contributed by atoms with Crippen molar-refractivity contribution < 1.29 is 4.11 Å². The normalized spacial score (nSPS) is 15.5. The first kappa shape index (κ1) is 12.1. The molecule has 0 N–H and O–H groups in total. The van der Waals surface area contributed by atoms with Gasteiger partial charge in [-0.05, 0) is 19.5 Å². The van der Waals surface area contributed by atoms with Gasteiger partial charge in [0.1, 0.15) is 0 Å². The zero-order valence-electron chi connectivity index (χ0n) is 8.39. The molecular formula is C9H15FN2Si. The summed E-state index contributed by atoms with van der Waals surface area (Å²) in [6.45, 7) is 4.98. The zero-order chi connectivity index (χ0) is 10.5. The van der Waals surface area contributed by atoms with Gasteiger partial charge in [-0.15, -0.1) is 0 Å². The van der Waals surface area contributed by atoms with Crippen LogP contribution in [0.25, 0.3) is 0 Å². The lowest BCUT2D eigenvalue weighted by Gasteiger charge is -2.33. The summed E-state index contributed by atoms with van der Waals surface area (Å²) in [6, 6.07) is 4.01. The summed E-state index contributed by atoms with van der Waals surface area (Å²) in [5, 5.41) is 16.4. The standard InChI is InChI=1S/C9H15FN2Si/c1-9(6-8-12,5-4-7-11)13(2,3)10/h4-6H2,1-3H3. The average Bonchev–Trinajstić information content (AvgIpc) is 1.99. The molecule has 0 saturated heterocycles. The highest BCUT2D eigenvalue weighted by Crippen LogP contribution is 2.45. The highest BCUT2D eigenvalue weighted by atomic mass is 28.4. The van der Waals surface area contributed by atoms with E-state index in [0.29, 0.717) is 12.8 Å². The summed E-state index contributed by atoms with van der Waals surface area (Å²) in [4.78, 5) is 0. The van der Waals surface area contributed by atoms with Crippen molar-refractivity contribution in [2.75, 3.05) is 0 Å². The van der Waals surface area contributed by atoms with Crippen molar-refractivity contribution in [3.05, 3.63) is 0 Å². The molecule has 0 bridgehead atoms. The van der Waals surface area contributed by atoms with Gasteiger partial charge in [-0.3, -0.25) is 0 Å². The van der Waals surface area contributed by atoms with Gasteiger partial charge in [-0.1, -0.05) is 6.92 Å². The molecule has 0 aliphatic rings. The summed E-state index contributed by atoms with van der Waals surface area (Å²) in [5.74, 6) is 0. The van der Waals surface area contributed by atoms with E-state index in [4.69, 9.17) is 10.5 Å². The molecule has 72 valence electrons. The van der Waals surface area contributed by atoms with Crippen LogP contribution in [-0.4, -0.2) is 8.41 Å². The van der Waals surface area contributed by atoms with E-state index in [0.717, 1.165) is 0 Å². The first-order valence-corrected chi connectivity index (χ1v) is 7.18. The Morgan fingerprint density at radius 3 is 2.15 bits per heavy atom. The van der Waals surface area contributed by atoms with Crippen molar-refractivity contribution in [3.63, 3.8) is 0 Å². The Hall–Kier alpha value is -0.873. The molecule has 0 fully saturated rings. The Morgan fingerprint density at radius 2 is 1.85 bits per heavy atom. The molecule has 0 aromatic rings. The van der Waals surface area contributed by atoms with Gasteiger partial charge in [-0.25, -0.2) is 0 Å². The van der Waals surface area contributed by atoms with Crippen LogP contribution in [0.2, 0.25) is 18.1 Å². The number of hydrogen-bond acceptors (Lipinski definition) is 2. The number of halogens is 1. The van der Waals surface area contributed by atoms with Crippen molar-refractivity contribution in [2.45, 2.75) is 44.3 Å². The molecular weight excluding hydrogens is 183 g/mol. The fourth-order valence-corrected chi connectivity index (χ4v) is 2.32. The molecule has 1 atom stereocenters. The molecule has 0 aliphatic carbocycles. The third-order valence-corrected chi connectivity index (χ3v) is 5.99. The van der Waals surface area contributed by atoms with Gasteiger partial charge >= 0.3 is 0 Å². The van der Waals surface area contributed by atoms with E-state index >= 15 is 0 Å². The largest absolute Gasteiger partial charge is 0.314 e. The summed E-state index contributed by atoms with van der Waals surface area (Å²) < 4.78 is 13.8. The lowest BCUT2D eigenvalue weighted by molar-refractivity contribution is 0.507. The van der Waals surface area contributed by atoms with Crippen LogP contribution in [0.15, 0.2) is 0 Å². The Kier molecular flexibility index (Phi) is 4.09.